The number of benzene rings is 1. The van der Waals surface area contributed by atoms with E-state index in [4.69, 9.17) is 5.11 Å². The maximum Gasteiger partial charge on any atom is 0.319 e. The summed E-state index contributed by atoms with van der Waals surface area (Å²) in [6.07, 6.45) is 1.37. The predicted octanol–water partition coefficient (Wildman–Crippen LogP) is 3.04. The summed E-state index contributed by atoms with van der Waals surface area (Å²) in [5, 5.41) is 14.5. The van der Waals surface area contributed by atoms with E-state index in [0.29, 0.717) is 6.42 Å². The Bertz CT molecular complexity index is 410. The Balaban J connectivity index is 2.58. The zero-order valence-electron chi connectivity index (χ0n) is 10.7. The van der Waals surface area contributed by atoms with Crippen molar-refractivity contribution in [2.45, 2.75) is 32.7 Å². The molecule has 0 bridgehead atoms. The van der Waals surface area contributed by atoms with Gasteiger partial charge >= 0.3 is 6.03 Å². The van der Waals surface area contributed by atoms with Crippen LogP contribution in [0.2, 0.25) is 0 Å². The van der Waals surface area contributed by atoms with Gasteiger partial charge in [-0.1, -0.05) is 22.9 Å². The lowest BCUT2D eigenvalue weighted by Gasteiger charge is -2.17. The third kappa shape index (κ3) is 4.66. The van der Waals surface area contributed by atoms with E-state index >= 15 is 0 Å². The number of urea groups is 1. The molecule has 1 aromatic rings. The van der Waals surface area contributed by atoms with Gasteiger partial charge in [-0.2, -0.15) is 0 Å². The van der Waals surface area contributed by atoms with Gasteiger partial charge in [0.05, 0.1) is 0 Å². The molecule has 0 aliphatic carbocycles. The number of aryl methyl sites for hydroxylation is 1. The lowest BCUT2D eigenvalue weighted by Crippen LogP contribution is -2.38. The molecule has 0 spiro atoms. The zero-order valence-corrected chi connectivity index (χ0v) is 12.3. The van der Waals surface area contributed by atoms with E-state index in [9.17, 15) is 4.79 Å². The lowest BCUT2D eigenvalue weighted by molar-refractivity contribution is 0.237. The molecule has 1 unspecified atom stereocenters. The summed E-state index contributed by atoms with van der Waals surface area (Å²) < 4.78 is 0.984. The molecule has 1 aromatic carbocycles. The number of aliphatic hydroxyl groups excluding tert-OH is 1. The number of amides is 2. The highest BCUT2D eigenvalue weighted by atomic mass is 79.9. The third-order valence-electron chi connectivity index (χ3n) is 2.74. The Morgan fingerprint density at radius 1 is 1.50 bits per heavy atom. The molecule has 1 atom stereocenters. The largest absolute Gasteiger partial charge is 0.396 e. The Morgan fingerprint density at radius 2 is 2.22 bits per heavy atom. The van der Waals surface area contributed by atoms with Gasteiger partial charge in [0.15, 0.2) is 0 Å². The number of aliphatic hydroxyl groups is 1. The minimum atomic E-state index is -0.235. The number of hydrogen-bond acceptors (Lipinski definition) is 2. The fourth-order valence-corrected chi connectivity index (χ4v) is 2.12. The first-order chi connectivity index (χ1) is 8.56. The first-order valence-electron chi connectivity index (χ1n) is 6.01. The second-order valence-corrected chi connectivity index (χ2v) is 5.09. The monoisotopic (exact) mass is 314 g/mol. The average Bonchev–Trinajstić information content (AvgIpc) is 2.32. The zero-order chi connectivity index (χ0) is 13.5. The first-order valence-corrected chi connectivity index (χ1v) is 6.80. The normalized spacial score (nSPS) is 12.0. The summed E-state index contributed by atoms with van der Waals surface area (Å²) in [4.78, 5) is 11.8. The van der Waals surface area contributed by atoms with Crippen molar-refractivity contribution in [1.82, 2.24) is 5.32 Å². The van der Waals surface area contributed by atoms with Gasteiger partial charge < -0.3 is 15.7 Å². The van der Waals surface area contributed by atoms with Crippen LogP contribution in [0.25, 0.3) is 0 Å². The number of anilines is 1. The summed E-state index contributed by atoms with van der Waals surface area (Å²) in [5.74, 6) is 0. The molecule has 0 saturated heterocycles. The van der Waals surface area contributed by atoms with Crippen LogP contribution in [0.3, 0.4) is 0 Å². The van der Waals surface area contributed by atoms with E-state index in [-0.39, 0.29) is 18.7 Å². The Labute approximate surface area is 116 Å². The smallest absolute Gasteiger partial charge is 0.319 e. The van der Waals surface area contributed by atoms with E-state index in [1.165, 1.54) is 0 Å². The van der Waals surface area contributed by atoms with Gasteiger partial charge in [0.25, 0.3) is 0 Å². The molecule has 0 heterocycles. The topological polar surface area (TPSA) is 61.4 Å². The molecule has 0 saturated carbocycles. The molecular weight excluding hydrogens is 296 g/mol. The van der Waals surface area contributed by atoms with Crippen molar-refractivity contribution in [1.29, 1.82) is 0 Å². The molecule has 0 radical (unpaired) electrons. The van der Waals surface area contributed by atoms with Crippen LogP contribution >= 0.6 is 15.9 Å². The highest BCUT2D eigenvalue weighted by Crippen LogP contribution is 2.19. The molecule has 5 heteroatoms. The summed E-state index contributed by atoms with van der Waals surface area (Å²) in [6, 6.07) is 5.45. The fourth-order valence-electron chi connectivity index (χ4n) is 1.65. The van der Waals surface area contributed by atoms with Crippen LogP contribution in [0.15, 0.2) is 22.7 Å². The standard InChI is InChI=1S/C13H19BrN2O2/c1-3-11(6-7-17)15-13(18)16-12-5-4-10(14)8-9(12)2/h4-5,8,11,17H,3,6-7H2,1-2H3,(H2,15,16,18). The minimum Gasteiger partial charge on any atom is -0.396 e. The molecule has 4 nitrogen and oxygen atoms in total. The number of carbonyl (C=O) groups excluding carboxylic acids is 1. The van der Waals surface area contributed by atoms with Gasteiger partial charge in [0, 0.05) is 22.8 Å². The fraction of sp³-hybridized carbons (Fsp3) is 0.462. The molecule has 18 heavy (non-hydrogen) atoms. The van der Waals surface area contributed by atoms with Crippen LogP contribution in [0.1, 0.15) is 25.3 Å². The van der Waals surface area contributed by atoms with Crippen LogP contribution in [0.5, 0.6) is 0 Å². The second kappa shape index (κ2) is 7.38. The number of nitrogens with one attached hydrogen (secondary N) is 2. The van der Waals surface area contributed by atoms with E-state index in [1.807, 2.05) is 32.0 Å². The highest BCUT2D eigenvalue weighted by Gasteiger charge is 2.10. The minimum absolute atomic E-state index is 0.00533. The van der Waals surface area contributed by atoms with Crippen molar-refractivity contribution in [2.75, 3.05) is 11.9 Å². The van der Waals surface area contributed by atoms with Crippen molar-refractivity contribution in [2.24, 2.45) is 0 Å². The van der Waals surface area contributed by atoms with E-state index < -0.39 is 0 Å². The van der Waals surface area contributed by atoms with Crippen molar-refractivity contribution in [3.63, 3.8) is 0 Å². The van der Waals surface area contributed by atoms with Gasteiger partial charge in [-0.05, 0) is 43.5 Å². The molecule has 0 aliphatic rings. The van der Waals surface area contributed by atoms with Crippen LogP contribution < -0.4 is 10.6 Å². The van der Waals surface area contributed by atoms with Crippen LogP contribution in [-0.4, -0.2) is 23.8 Å². The molecule has 0 aliphatic heterocycles. The molecule has 1 rings (SSSR count). The Kier molecular flexibility index (Phi) is 6.15. The lowest BCUT2D eigenvalue weighted by atomic mass is 10.1. The van der Waals surface area contributed by atoms with Crippen molar-refractivity contribution in [3.8, 4) is 0 Å². The highest BCUT2D eigenvalue weighted by molar-refractivity contribution is 9.10. The predicted molar refractivity (Wildman–Crippen MR) is 76.8 cm³/mol. The average molecular weight is 315 g/mol. The van der Waals surface area contributed by atoms with E-state index in [1.54, 1.807) is 0 Å². The van der Waals surface area contributed by atoms with Gasteiger partial charge in [0.2, 0.25) is 0 Å². The summed E-state index contributed by atoms with van der Waals surface area (Å²) in [7, 11) is 0. The first kappa shape index (κ1) is 15.0. The van der Waals surface area contributed by atoms with Gasteiger partial charge in [-0.15, -0.1) is 0 Å². The quantitative estimate of drug-likeness (QED) is 0.782. The molecule has 100 valence electrons. The molecule has 0 aromatic heterocycles. The Morgan fingerprint density at radius 3 is 2.78 bits per heavy atom. The third-order valence-corrected chi connectivity index (χ3v) is 3.24. The maximum atomic E-state index is 11.8. The van der Waals surface area contributed by atoms with Gasteiger partial charge in [-0.3, -0.25) is 0 Å². The number of rotatable bonds is 5. The summed E-state index contributed by atoms with van der Waals surface area (Å²) >= 11 is 3.38. The van der Waals surface area contributed by atoms with Crippen molar-refractivity contribution >= 4 is 27.6 Å². The van der Waals surface area contributed by atoms with Crippen LogP contribution in [0, 0.1) is 6.92 Å². The SMILES string of the molecule is CCC(CCO)NC(=O)Nc1ccc(Br)cc1C. The molecular formula is C13H19BrN2O2. The molecule has 0 fully saturated rings. The van der Waals surface area contributed by atoms with E-state index in [0.717, 1.165) is 22.1 Å². The molecule has 2 amide bonds. The van der Waals surface area contributed by atoms with E-state index in [2.05, 4.69) is 26.6 Å². The van der Waals surface area contributed by atoms with Gasteiger partial charge in [-0.25, -0.2) is 4.79 Å². The van der Waals surface area contributed by atoms with Crippen LogP contribution in [0.4, 0.5) is 10.5 Å². The maximum absolute atomic E-state index is 11.8. The van der Waals surface area contributed by atoms with Crippen LogP contribution in [-0.2, 0) is 0 Å². The summed E-state index contributed by atoms with van der Waals surface area (Å²) in [6.45, 7) is 3.99. The number of halogens is 1. The van der Waals surface area contributed by atoms with Gasteiger partial charge in [0.1, 0.15) is 0 Å². The number of hydrogen-bond donors (Lipinski definition) is 3. The molecule has 3 N–H and O–H groups in total. The second-order valence-electron chi connectivity index (χ2n) is 4.18. The van der Waals surface area contributed by atoms with Crippen molar-refractivity contribution in [3.05, 3.63) is 28.2 Å². The Hall–Kier alpha value is -1.07. The number of carbonyl (C=O) groups is 1. The summed E-state index contributed by atoms with van der Waals surface area (Å²) in [5.41, 5.74) is 1.78. The van der Waals surface area contributed by atoms with Crippen molar-refractivity contribution < 1.29 is 9.90 Å².